The lowest BCUT2D eigenvalue weighted by Gasteiger charge is -2.02. The number of aromatic amines is 1. The minimum atomic E-state index is -0.466. The Bertz CT molecular complexity index is 595. The molecular formula is C10H7ClN2O3. The quantitative estimate of drug-likeness (QED) is 0.703. The smallest absolute Gasteiger partial charge is 0.254 e. The number of hydrogen-bond acceptors (Lipinski definition) is 4. The SMILES string of the molecule is O=c1cc(O)nc(-c2ccc(O)c(Cl)c2)[nH]1. The van der Waals surface area contributed by atoms with Crippen molar-refractivity contribution < 1.29 is 10.2 Å². The second-order valence-electron chi connectivity index (χ2n) is 3.12. The molecule has 1 heterocycles. The van der Waals surface area contributed by atoms with E-state index in [9.17, 15) is 9.90 Å². The molecule has 0 bridgehead atoms. The van der Waals surface area contributed by atoms with E-state index in [-0.39, 0.29) is 22.5 Å². The molecule has 5 nitrogen and oxygen atoms in total. The van der Waals surface area contributed by atoms with Crippen molar-refractivity contribution >= 4 is 11.6 Å². The van der Waals surface area contributed by atoms with E-state index in [4.69, 9.17) is 16.7 Å². The van der Waals surface area contributed by atoms with Gasteiger partial charge in [-0.3, -0.25) is 4.79 Å². The van der Waals surface area contributed by atoms with E-state index < -0.39 is 5.56 Å². The predicted octanol–water partition coefficient (Wildman–Crippen LogP) is 1.50. The third kappa shape index (κ3) is 1.99. The van der Waals surface area contributed by atoms with Crippen LogP contribution in [0.5, 0.6) is 11.6 Å². The van der Waals surface area contributed by atoms with Crippen molar-refractivity contribution in [3.8, 4) is 23.0 Å². The van der Waals surface area contributed by atoms with Gasteiger partial charge in [0.05, 0.1) is 11.1 Å². The first-order valence-electron chi connectivity index (χ1n) is 4.35. The fourth-order valence-corrected chi connectivity index (χ4v) is 1.42. The zero-order valence-corrected chi connectivity index (χ0v) is 8.69. The first-order chi connectivity index (χ1) is 7.56. The van der Waals surface area contributed by atoms with E-state index in [1.807, 2.05) is 0 Å². The summed E-state index contributed by atoms with van der Waals surface area (Å²) in [5.74, 6) is -0.247. The van der Waals surface area contributed by atoms with E-state index >= 15 is 0 Å². The Morgan fingerprint density at radius 3 is 2.62 bits per heavy atom. The van der Waals surface area contributed by atoms with Gasteiger partial charge in [-0.25, -0.2) is 0 Å². The van der Waals surface area contributed by atoms with Gasteiger partial charge >= 0.3 is 0 Å². The molecule has 1 aromatic heterocycles. The van der Waals surface area contributed by atoms with Gasteiger partial charge in [-0.2, -0.15) is 4.98 Å². The Labute approximate surface area is 95.0 Å². The van der Waals surface area contributed by atoms with Gasteiger partial charge in [-0.1, -0.05) is 11.6 Å². The predicted molar refractivity (Wildman–Crippen MR) is 58.6 cm³/mol. The molecule has 16 heavy (non-hydrogen) atoms. The summed E-state index contributed by atoms with van der Waals surface area (Å²) in [6.07, 6.45) is 0. The molecular weight excluding hydrogens is 232 g/mol. The molecule has 3 N–H and O–H groups in total. The molecule has 0 unspecified atom stereocenters. The zero-order chi connectivity index (χ0) is 11.7. The highest BCUT2D eigenvalue weighted by atomic mass is 35.5. The Morgan fingerprint density at radius 2 is 2.00 bits per heavy atom. The van der Waals surface area contributed by atoms with Crippen molar-refractivity contribution in [2.75, 3.05) is 0 Å². The van der Waals surface area contributed by atoms with Gasteiger partial charge in [0, 0.05) is 5.56 Å². The number of aromatic nitrogens is 2. The molecule has 0 amide bonds. The lowest BCUT2D eigenvalue weighted by Crippen LogP contribution is -2.06. The highest BCUT2D eigenvalue weighted by molar-refractivity contribution is 6.32. The molecule has 2 aromatic rings. The van der Waals surface area contributed by atoms with Gasteiger partial charge in [0.25, 0.3) is 5.56 Å². The van der Waals surface area contributed by atoms with E-state index in [2.05, 4.69) is 9.97 Å². The Morgan fingerprint density at radius 1 is 1.25 bits per heavy atom. The average molecular weight is 239 g/mol. The fourth-order valence-electron chi connectivity index (χ4n) is 1.24. The van der Waals surface area contributed by atoms with Crippen LogP contribution in [0.15, 0.2) is 29.1 Å². The maximum absolute atomic E-state index is 11.1. The van der Waals surface area contributed by atoms with Crippen LogP contribution in [0, 0.1) is 0 Å². The highest BCUT2D eigenvalue weighted by Crippen LogP contribution is 2.27. The molecule has 1 aromatic carbocycles. The first kappa shape index (κ1) is 10.5. The number of nitrogens with one attached hydrogen (secondary N) is 1. The van der Waals surface area contributed by atoms with Gasteiger partial charge in [0.15, 0.2) is 0 Å². The number of nitrogens with zero attached hydrogens (tertiary/aromatic N) is 1. The number of rotatable bonds is 1. The summed E-state index contributed by atoms with van der Waals surface area (Å²) in [6.45, 7) is 0. The Balaban J connectivity index is 2.58. The molecule has 0 radical (unpaired) electrons. The molecule has 0 spiro atoms. The normalized spacial score (nSPS) is 10.3. The minimum absolute atomic E-state index is 0.0621. The molecule has 0 saturated heterocycles. The summed E-state index contributed by atoms with van der Waals surface area (Å²) in [4.78, 5) is 17.3. The molecule has 0 saturated carbocycles. The molecule has 0 aliphatic heterocycles. The van der Waals surface area contributed by atoms with Crippen LogP contribution in [0.2, 0.25) is 5.02 Å². The Kier molecular flexibility index (Phi) is 2.54. The largest absolute Gasteiger partial charge is 0.506 e. The summed E-state index contributed by atoms with van der Waals surface area (Å²) < 4.78 is 0. The van der Waals surface area contributed by atoms with Crippen molar-refractivity contribution in [3.05, 3.63) is 39.6 Å². The van der Waals surface area contributed by atoms with Crippen molar-refractivity contribution in [3.63, 3.8) is 0 Å². The second-order valence-corrected chi connectivity index (χ2v) is 3.53. The standard InChI is InChI=1S/C10H7ClN2O3/c11-6-3-5(1-2-7(6)14)10-12-8(15)4-9(16)13-10/h1-4,14H,(H2,12,13,15,16). The number of H-pyrrole nitrogens is 1. The lowest BCUT2D eigenvalue weighted by atomic mass is 10.2. The lowest BCUT2D eigenvalue weighted by molar-refractivity contribution is 0.452. The summed E-state index contributed by atoms with van der Waals surface area (Å²) in [6, 6.07) is 5.31. The zero-order valence-electron chi connectivity index (χ0n) is 7.94. The van der Waals surface area contributed by atoms with Crippen LogP contribution >= 0.6 is 11.6 Å². The first-order valence-corrected chi connectivity index (χ1v) is 4.73. The Hall–Kier alpha value is -2.01. The number of phenols is 1. The van der Waals surface area contributed by atoms with Crippen LogP contribution in [0.3, 0.4) is 0 Å². The van der Waals surface area contributed by atoms with Crippen LogP contribution in [0.4, 0.5) is 0 Å². The second kappa shape index (κ2) is 3.86. The monoisotopic (exact) mass is 238 g/mol. The van der Waals surface area contributed by atoms with E-state index in [1.165, 1.54) is 18.2 Å². The number of phenolic OH excluding ortho intramolecular Hbond substituents is 1. The number of aromatic hydroxyl groups is 2. The van der Waals surface area contributed by atoms with Crippen LogP contribution < -0.4 is 5.56 Å². The molecule has 0 fully saturated rings. The maximum atomic E-state index is 11.1. The summed E-state index contributed by atoms with van der Waals surface area (Å²) >= 11 is 5.71. The van der Waals surface area contributed by atoms with Crippen LogP contribution in [0.1, 0.15) is 0 Å². The third-order valence-electron chi connectivity index (χ3n) is 1.95. The van der Waals surface area contributed by atoms with E-state index in [1.54, 1.807) is 0 Å². The van der Waals surface area contributed by atoms with Crippen molar-refractivity contribution in [1.29, 1.82) is 0 Å². The average Bonchev–Trinajstić information content (AvgIpc) is 2.20. The topological polar surface area (TPSA) is 86.2 Å². The maximum Gasteiger partial charge on any atom is 0.254 e. The molecule has 0 aliphatic rings. The number of halogens is 1. The summed E-state index contributed by atoms with van der Waals surface area (Å²) in [5, 5.41) is 18.5. The van der Waals surface area contributed by atoms with Crippen molar-refractivity contribution in [1.82, 2.24) is 9.97 Å². The van der Waals surface area contributed by atoms with Crippen molar-refractivity contribution in [2.45, 2.75) is 0 Å². The number of hydrogen-bond donors (Lipinski definition) is 3. The van der Waals surface area contributed by atoms with Gasteiger partial charge in [0.2, 0.25) is 5.88 Å². The third-order valence-corrected chi connectivity index (χ3v) is 2.25. The van der Waals surface area contributed by atoms with Crippen LogP contribution in [-0.2, 0) is 0 Å². The van der Waals surface area contributed by atoms with Gasteiger partial charge < -0.3 is 15.2 Å². The molecule has 0 atom stereocenters. The molecule has 82 valence electrons. The number of benzene rings is 1. The van der Waals surface area contributed by atoms with E-state index in [0.29, 0.717) is 5.56 Å². The molecule has 2 rings (SSSR count). The fraction of sp³-hybridized carbons (Fsp3) is 0. The summed E-state index contributed by atoms with van der Waals surface area (Å²) in [5.41, 5.74) is 0.0301. The van der Waals surface area contributed by atoms with Crippen LogP contribution in [-0.4, -0.2) is 20.2 Å². The molecule has 6 heteroatoms. The van der Waals surface area contributed by atoms with Crippen LogP contribution in [0.25, 0.3) is 11.4 Å². The van der Waals surface area contributed by atoms with Gasteiger partial charge in [-0.15, -0.1) is 0 Å². The minimum Gasteiger partial charge on any atom is -0.506 e. The highest BCUT2D eigenvalue weighted by Gasteiger charge is 2.06. The summed E-state index contributed by atoms with van der Waals surface area (Å²) in [7, 11) is 0. The van der Waals surface area contributed by atoms with E-state index in [0.717, 1.165) is 6.07 Å². The molecule has 0 aliphatic carbocycles. The van der Waals surface area contributed by atoms with Gasteiger partial charge in [-0.05, 0) is 18.2 Å². The van der Waals surface area contributed by atoms with Crippen molar-refractivity contribution in [2.24, 2.45) is 0 Å². The van der Waals surface area contributed by atoms with Gasteiger partial charge in [0.1, 0.15) is 11.6 Å².